The van der Waals surface area contributed by atoms with E-state index in [0.29, 0.717) is 18.8 Å². The largest absolute Gasteiger partial charge is 0.514 e. The summed E-state index contributed by atoms with van der Waals surface area (Å²) in [6.07, 6.45) is 12.1. The number of carbonyl (C=O) groups excluding carboxylic acids is 2. The van der Waals surface area contributed by atoms with Gasteiger partial charge in [0.2, 0.25) is 0 Å². The van der Waals surface area contributed by atoms with E-state index in [1.165, 1.54) is 24.3 Å². The maximum atomic E-state index is 14.0. The quantitative estimate of drug-likeness (QED) is 0.0135. The van der Waals surface area contributed by atoms with Crippen LogP contribution in [0.2, 0.25) is 36.3 Å². The Morgan fingerprint density at radius 1 is 0.955 bits per heavy atom. The molecule has 1 fully saturated rings. The molecule has 0 bridgehead atoms. The number of esters is 1. The number of hydrogen-bond acceptors (Lipinski definition) is 11. The lowest BCUT2D eigenvalue weighted by Crippen LogP contribution is -2.48. The number of rotatable bonds is 25. The third-order valence-electron chi connectivity index (χ3n) is 14.6. The molecule has 0 saturated carbocycles. The van der Waals surface area contributed by atoms with Gasteiger partial charge in [-0.15, -0.1) is 0 Å². The first-order valence-electron chi connectivity index (χ1n) is 25.3. The van der Waals surface area contributed by atoms with Gasteiger partial charge in [-0.1, -0.05) is 107 Å². The van der Waals surface area contributed by atoms with Crippen LogP contribution in [0.5, 0.6) is 5.75 Å². The van der Waals surface area contributed by atoms with Crippen LogP contribution in [0.4, 0.5) is 10.5 Å². The summed E-state index contributed by atoms with van der Waals surface area (Å²) in [6, 6.07) is 11.4. The lowest BCUT2D eigenvalue weighted by Gasteiger charge is -2.40. The van der Waals surface area contributed by atoms with Gasteiger partial charge in [0.25, 0.3) is 5.69 Å². The second kappa shape index (κ2) is 27.1. The van der Waals surface area contributed by atoms with Crippen molar-refractivity contribution in [2.45, 2.75) is 226 Å². The topological polar surface area (TPSA) is 145 Å². The molecule has 0 N–H and O–H groups in total. The molecular formula is C52H87NO11Si2. The Kier molecular flexibility index (Phi) is 23.5. The summed E-state index contributed by atoms with van der Waals surface area (Å²) in [6.45, 7) is 30.1. The summed E-state index contributed by atoms with van der Waals surface area (Å²) in [4.78, 5) is 38.4. The van der Waals surface area contributed by atoms with Gasteiger partial charge in [0.15, 0.2) is 22.7 Å². The molecule has 0 aliphatic carbocycles. The van der Waals surface area contributed by atoms with Gasteiger partial charge >= 0.3 is 12.1 Å². The van der Waals surface area contributed by atoms with E-state index in [1.807, 2.05) is 45.9 Å². The van der Waals surface area contributed by atoms with Crippen molar-refractivity contribution in [3.05, 3.63) is 70.3 Å². The van der Waals surface area contributed by atoms with E-state index in [-0.39, 0.29) is 60.1 Å². The smallest absolute Gasteiger partial charge is 0.457 e. The Hall–Kier alpha value is -3.15. The third-order valence-corrected chi connectivity index (χ3v) is 24.0. The predicted molar refractivity (Wildman–Crippen MR) is 269 cm³/mol. The second-order valence-electron chi connectivity index (χ2n) is 19.4. The van der Waals surface area contributed by atoms with Crippen molar-refractivity contribution in [2.24, 2.45) is 17.8 Å². The van der Waals surface area contributed by atoms with Crippen molar-refractivity contribution < 1.29 is 47.0 Å². The number of carbonyl (C=O) groups is 2. The predicted octanol–water partition coefficient (Wildman–Crippen LogP) is 13.9. The molecule has 0 spiro atoms. The first-order chi connectivity index (χ1) is 31.3. The summed E-state index contributed by atoms with van der Waals surface area (Å²) in [5.74, 6) is 0.0629. The molecule has 12 nitrogen and oxygen atoms in total. The zero-order chi connectivity index (χ0) is 49.2. The van der Waals surface area contributed by atoms with Crippen LogP contribution in [0.3, 0.4) is 0 Å². The standard InChI is InChI=1S/C52H87NO11Si2/c1-15-24-40(12)62-52(14)34-33-44(63-65(17-3,18-4)19-5)36-48(54)61-49(39(11)27-32-47(52)60-51(55)58-43-30-28-42(29-31-43)53(56)57)38(10)26-23-25-37(9)35-46-50(59-46)41(13)45(16-2)64-66(20-6,21-7)22-8/h23,25-32,37,39-41,44-47,49-50H,15-22,24,33-36H2,1-14H3/t37-,39+,40?,41-,44-,45+,46-,47+,49-,50-,52-/m1/s1. The van der Waals surface area contributed by atoms with Gasteiger partial charge in [0.1, 0.15) is 17.5 Å². The Morgan fingerprint density at radius 2 is 1.58 bits per heavy atom. The average molecular weight is 958 g/mol. The van der Waals surface area contributed by atoms with Crippen LogP contribution in [-0.4, -0.2) is 82.0 Å². The number of non-ortho nitro benzene ring substituents is 1. The maximum absolute atomic E-state index is 14.0. The monoisotopic (exact) mass is 958 g/mol. The number of ether oxygens (including phenoxy) is 5. The lowest BCUT2D eigenvalue weighted by atomic mass is 9.88. The van der Waals surface area contributed by atoms with Gasteiger partial charge in [-0.2, -0.15) is 0 Å². The highest BCUT2D eigenvalue weighted by Crippen LogP contribution is 2.40. The van der Waals surface area contributed by atoms with E-state index in [2.05, 4.69) is 81.4 Å². The highest BCUT2D eigenvalue weighted by Gasteiger charge is 2.47. The minimum atomic E-state index is -2.18. The fourth-order valence-corrected chi connectivity index (χ4v) is 15.6. The van der Waals surface area contributed by atoms with Gasteiger partial charge in [-0.05, 0) is 119 Å². The second-order valence-corrected chi connectivity index (χ2v) is 28.8. The van der Waals surface area contributed by atoms with Crippen molar-refractivity contribution >= 4 is 34.4 Å². The molecule has 0 aromatic heterocycles. The van der Waals surface area contributed by atoms with Crippen molar-refractivity contribution in [1.82, 2.24) is 0 Å². The maximum Gasteiger partial charge on any atom is 0.514 e. The zero-order valence-electron chi connectivity index (χ0n) is 43.1. The molecule has 3 rings (SSSR count). The number of benzene rings is 1. The molecule has 1 saturated heterocycles. The number of allylic oxidation sites excluding steroid dienone is 3. The van der Waals surface area contributed by atoms with Crippen molar-refractivity contribution in [2.75, 3.05) is 0 Å². The lowest BCUT2D eigenvalue weighted by molar-refractivity contribution is -0.384. The van der Waals surface area contributed by atoms with Crippen LogP contribution in [0.25, 0.3) is 0 Å². The van der Waals surface area contributed by atoms with Gasteiger partial charge in [-0.3, -0.25) is 14.9 Å². The van der Waals surface area contributed by atoms with Crippen LogP contribution < -0.4 is 4.74 Å². The van der Waals surface area contributed by atoms with Crippen molar-refractivity contribution in [1.29, 1.82) is 0 Å². The van der Waals surface area contributed by atoms with Gasteiger partial charge in [-0.25, -0.2) is 4.79 Å². The molecule has 14 heteroatoms. The molecule has 1 aromatic carbocycles. The van der Waals surface area contributed by atoms with E-state index in [9.17, 15) is 19.7 Å². The summed E-state index contributed by atoms with van der Waals surface area (Å²) in [5.41, 5.74) is -0.296. The number of nitro benzene ring substituents is 1. The first-order valence-corrected chi connectivity index (χ1v) is 30.4. The average Bonchev–Trinajstić information content (AvgIpc) is 4.06. The highest BCUT2D eigenvalue weighted by molar-refractivity contribution is 6.74. The van der Waals surface area contributed by atoms with Gasteiger partial charge in [0.05, 0.1) is 35.8 Å². The Balaban J connectivity index is 1.94. The SMILES string of the molecule is CCCC(C)O[C@]1(C)CC[C@@H](O[Si](CC)(CC)CC)CC(=O)O[C@H](C(C)=CC=C[C@@H](C)C[C@H]2O[C@@H]2[C@H](C)[C@H](CC)O[Si](CC)(CC)CC)[C@@H](C)C=C[C@@H]1OC(=O)Oc1ccc([N+](=O)[O-])cc1. The molecular weight excluding hydrogens is 871 g/mol. The zero-order valence-corrected chi connectivity index (χ0v) is 45.1. The molecule has 0 radical (unpaired) electrons. The van der Waals surface area contributed by atoms with Gasteiger partial charge in [0, 0.05) is 30.1 Å². The molecule has 374 valence electrons. The van der Waals surface area contributed by atoms with E-state index in [1.54, 1.807) is 0 Å². The minimum Gasteiger partial charge on any atom is -0.457 e. The number of epoxide rings is 1. The molecule has 1 aromatic rings. The molecule has 66 heavy (non-hydrogen) atoms. The molecule has 2 heterocycles. The molecule has 0 amide bonds. The fourth-order valence-electron chi connectivity index (χ4n) is 9.63. The number of nitrogens with zero attached hydrogens (tertiary/aromatic N) is 1. The van der Waals surface area contributed by atoms with E-state index in [0.717, 1.165) is 67.5 Å². The van der Waals surface area contributed by atoms with Crippen LogP contribution in [0.15, 0.2) is 60.2 Å². The normalized spacial score (nSPS) is 26.4. The van der Waals surface area contributed by atoms with E-state index < -0.39 is 51.6 Å². The highest BCUT2D eigenvalue weighted by atomic mass is 28.4. The van der Waals surface area contributed by atoms with Crippen LogP contribution >= 0.6 is 0 Å². The number of cyclic esters (lactones) is 1. The number of hydrogen-bond donors (Lipinski definition) is 0. The summed E-state index contributed by atoms with van der Waals surface area (Å²) < 4.78 is 45.2. The van der Waals surface area contributed by atoms with E-state index >= 15 is 0 Å². The first kappa shape index (κ1) is 57.2. The molecule has 2 aliphatic heterocycles. The Bertz CT molecular complexity index is 1730. The fraction of sp³-hybridized carbons (Fsp3) is 0.731. The van der Waals surface area contributed by atoms with E-state index in [4.69, 9.17) is 32.5 Å². The molecule has 2 aliphatic rings. The molecule has 1 unspecified atom stereocenters. The summed E-state index contributed by atoms with van der Waals surface area (Å²) >= 11 is 0. The van der Waals surface area contributed by atoms with Crippen molar-refractivity contribution in [3.63, 3.8) is 0 Å². The van der Waals surface area contributed by atoms with Crippen LogP contribution in [-0.2, 0) is 32.6 Å². The van der Waals surface area contributed by atoms with Crippen LogP contribution in [0.1, 0.15) is 142 Å². The summed E-state index contributed by atoms with van der Waals surface area (Å²) in [5, 5.41) is 11.2. The minimum absolute atomic E-state index is 0.0829. The van der Waals surface area contributed by atoms with Crippen LogP contribution in [0, 0.1) is 27.9 Å². The third kappa shape index (κ3) is 16.8. The Labute approximate surface area is 400 Å². The summed E-state index contributed by atoms with van der Waals surface area (Å²) in [7, 11) is -3.91. The molecule has 11 atom stereocenters. The van der Waals surface area contributed by atoms with Gasteiger partial charge < -0.3 is 32.5 Å². The number of nitro groups is 1. The van der Waals surface area contributed by atoms with Crippen molar-refractivity contribution in [3.8, 4) is 5.75 Å². The Morgan fingerprint density at radius 3 is 2.14 bits per heavy atom.